The van der Waals surface area contributed by atoms with Crippen LogP contribution in [0.4, 0.5) is 0 Å². The van der Waals surface area contributed by atoms with Gasteiger partial charge in [-0.15, -0.1) is 11.8 Å². The molecule has 5 rings (SSSR count). The number of β-lactam (4-membered cyclic amide) rings is 1. The van der Waals surface area contributed by atoms with Gasteiger partial charge in [-0.25, -0.2) is 9.78 Å². The SMILES string of the molecule is COc1ccc(COC(=O)C2=CS[C@@H]3C(=Cc4cn5c(n4)SCCC5)C(=O)N23)cc1. The van der Waals surface area contributed by atoms with E-state index in [1.54, 1.807) is 24.3 Å². The first-order valence-electron chi connectivity index (χ1n) is 9.55. The number of thioether (sulfide) groups is 2. The molecule has 1 aromatic heterocycles. The summed E-state index contributed by atoms with van der Waals surface area (Å²) in [5, 5.41) is 2.51. The van der Waals surface area contributed by atoms with Crippen molar-refractivity contribution < 1.29 is 19.1 Å². The summed E-state index contributed by atoms with van der Waals surface area (Å²) < 4.78 is 12.7. The summed E-state index contributed by atoms with van der Waals surface area (Å²) in [6.45, 7) is 1.10. The third-order valence-corrected chi connectivity index (χ3v) is 7.27. The van der Waals surface area contributed by atoms with Crippen LogP contribution in [0.2, 0.25) is 0 Å². The zero-order chi connectivity index (χ0) is 20.7. The van der Waals surface area contributed by atoms with Crippen LogP contribution in [0.15, 0.2) is 52.3 Å². The lowest BCUT2D eigenvalue weighted by atomic mass is 10.0. The molecule has 0 saturated carbocycles. The van der Waals surface area contributed by atoms with E-state index in [2.05, 4.69) is 9.55 Å². The van der Waals surface area contributed by atoms with Crippen molar-refractivity contribution in [2.24, 2.45) is 0 Å². The van der Waals surface area contributed by atoms with Crippen LogP contribution in [0.1, 0.15) is 17.7 Å². The summed E-state index contributed by atoms with van der Waals surface area (Å²) in [7, 11) is 1.60. The van der Waals surface area contributed by atoms with Crippen LogP contribution in [0.25, 0.3) is 6.08 Å². The van der Waals surface area contributed by atoms with Crippen molar-refractivity contribution in [1.82, 2.24) is 14.5 Å². The molecule has 7 nitrogen and oxygen atoms in total. The number of carbonyl (C=O) groups excluding carboxylic acids is 2. The Morgan fingerprint density at radius 1 is 1.33 bits per heavy atom. The van der Waals surface area contributed by atoms with Gasteiger partial charge in [0.2, 0.25) is 0 Å². The minimum atomic E-state index is -0.498. The van der Waals surface area contributed by atoms with Gasteiger partial charge in [-0.1, -0.05) is 23.9 Å². The van der Waals surface area contributed by atoms with Crippen LogP contribution in [0.5, 0.6) is 5.75 Å². The molecule has 9 heteroatoms. The number of carbonyl (C=O) groups is 2. The van der Waals surface area contributed by atoms with Crippen molar-refractivity contribution in [2.45, 2.75) is 30.1 Å². The number of esters is 1. The second kappa shape index (κ2) is 7.88. The molecule has 0 bridgehead atoms. The Bertz CT molecular complexity index is 1050. The molecule has 1 fully saturated rings. The summed E-state index contributed by atoms with van der Waals surface area (Å²) in [6.07, 6.45) is 4.95. The largest absolute Gasteiger partial charge is 0.497 e. The first-order valence-corrected chi connectivity index (χ1v) is 11.5. The molecule has 1 saturated heterocycles. The van der Waals surface area contributed by atoms with E-state index in [-0.39, 0.29) is 17.9 Å². The molecule has 3 aliphatic heterocycles. The second-order valence-electron chi connectivity index (χ2n) is 7.03. The summed E-state index contributed by atoms with van der Waals surface area (Å²) in [5.41, 5.74) is 2.60. The van der Waals surface area contributed by atoms with Crippen LogP contribution in [0.3, 0.4) is 0 Å². The molecule has 3 aliphatic rings. The lowest BCUT2D eigenvalue weighted by molar-refractivity contribution is -0.146. The summed E-state index contributed by atoms with van der Waals surface area (Å²) in [4.78, 5) is 31.3. The zero-order valence-electron chi connectivity index (χ0n) is 16.2. The standard InChI is InChI=1S/C21H19N3O4S2/c1-27-15-5-3-13(4-6-15)11-28-20(26)17-12-30-19-16(18(25)24(17)19)9-14-10-23-7-2-8-29-21(23)22-14/h3-6,9-10,12,19H,2,7-8,11H2,1H3/t19-/m1/s1. The predicted molar refractivity (Wildman–Crippen MR) is 115 cm³/mol. The highest BCUT2D eigenvalue weighted by Crippen LogP contribution is 2.45. The molecule has 2 aromatic rings. The van der Waals surface area contributed by atoms with Gasteiger partial charge < -0.3 is 14.0 Å². The Labute approximate surface area is 182 Å². The fraction of sp³-hybridized carbons (Fsp3) is 0.286. The van der Waals surface area contributed by atoms with Crippen molar-refractivity contribution >= 4 is 41.5 Å². The van der Waals surface area contributed by atoms with Crippen LogP contribution in [-0.4, -0.2) is 44.6 Å². The average Bonchev–Trinajstić information content (AvgIpc) is 3.37. The molecular weight excluding hydrogens is 422 g/mol. The first kappa shape index (κ1) is 19.3. The van der Waals surface area contributed by atoms with Gasteiger partial charge in [0.25, 0.3) is 5.91 Å². The minimum Gasteiger partial charge on any atom is -0.497 e. The normalized spacial score (nSPS) is 21.0. The van der Waals surface area contributed by atoms with Gasteiger partial charge in [-0.05, 0) is 30.2 Å². The Morgan fingerprint density at radius 3 is 2.93 bits per heavy atom. The lowest BCUT2D eigenvalue weighted by Crippen LogP contribution is -2.51. The number of imidazole rings is 1. The van der Waals surface area contributed by atoms with E-state index in [0.717, 1.165) is 40.9 Å². The van der Waals surface area contributed by atoms with Crippen LogP contribution in [-0.2, 0) is 27.5 Å². The van der Waals surface area contributed by atoms with E-state index in [9.17, 15) is 9.59 Å². The fourth-order valence-electron chi connectivity index (χ4n) is 3.52. The molecule has 0 spiro atoms. The molecule has 0 unspecified atom stereocenters. The number of ether oxygens (including phenoxy) is 2. The third-order valence-electron chi connectivity index (χ3n) is 5.11. The number of nitrogens with zero attached hydrogens (tertiary/aromatic N) is 3. The van der Waals surface area contributed by atoms with Gasteiger partial charge in [0.15, 0.2) is 5.16 Å². The van der Waals surface area contributed by atoms with Gasteiger partial charge >= 0.3 is 5.97 Å². The fourth-order valence-corrected chi connectivity index (χ4v) is 5.57. The summed E-state index contributed by atoms with van der Waals surface area (Å²) in [5.74, 6) is 1.15. The molecule has 1 aromatic carbocycles. The Morgan fingerprint density at radius 2 is 2.17 bits per heavy atom. The molecule has 0 N–H and O–H groups in total. The van der Waals surface area contributed by atoms with Crippen LogP contribution < -0.4 is 4.74 Å². The average molecular weight is 442 g/mol. The molecule has 4 heterocycles. The second-order valence-corrected chi connectivity index (χ2v) is 9.05. The van der Waals surface area contributed by atoms with E-state index in [1.807, 2.05) is 36.5 Å². The molecule has 1 amide bonds. The number of amides is 1. The number of hydrogen-bond acceptors (Lipinski definition) is 7. The van der Waals surface area contributed by atoms with Crippen LogP contribution in [0, 0.1) is 0 Å². The monoisotopic (exact) mass is 441 g/mol. The van der Waals surface area contributed by atoms with Crippen molar-refractivity contribution in [1.29, 1.82) is 0 Å². The zero-order valence-corrected chi connectivity index (χ0v) is 17.9. The number of methoxy groups -OCH3 is 1. The maximum Gasteiger partial charge on any atom is 0.355 e. The van der Waals surface area contributed by atoms with E-state index in [0.29, 0.717) is 11.3 Å². The number of aromatic nitrogens is 2. The predicted octanol–water partition coefficient (Wildman–Crippen LogP) is 3.27. The van der Waals surface area contributed by atoms with E-state index >= 15 is 0 Å². The summed E-state index contributed by atoms with van der Waals surface area (Å²) >= 11 is 3.17. The highest BCUT2D eigenvalue weighted by Gasteiger charge is 2.50. The van der Waals surface area contributed by atoms with Gasteiger partial charge in [0.05, 0.1) is 18.4 Å². The van der Waals surface area contributed by atoms with Gasteiger partial charge in [-0.2, -0.15) is 0 Å². The topological polar surface area (TPSA) is 73.7 Å². The van der Waals surface area contributed by atoms with Crippen LogP contribution >= 0.6 is 23.5 Å². The highest BCUT2D eigenvalue weighted by atomic mass is 32.2. The van der Waals surface area contributed by atoms with E-state index in [4.69, 9.17) is 9.47 Å². The Balaban J connectivity index is 1.23. The van der Waals surface area contributed by atoms with Gasteiger partial charge in [0.1, 0.15) is 23.4 Å². The highest BCUT2D eigenvalue weighted by molar-refractivity contribution is 8.03. The van der Waals surface area contributed by atoms with Crippen molar-refractivity contribution in [2.75, 3.05) is 12.9 Å². The maximum absolute atomic E-state index is 12.7. The van der Waals surface area contributed by atoms with Gasteiger partial charge in [0, 0.05) is 23.9 Å². The maximum atomic E-state index is 12.7. The molecular formula is C21H19N3O4S2. The molecule has 1 atom stereocenters. The smallest absolute Gasteiger partial charge is 0.355 e. The minimum absolute atomic E-state index is 0.137. The molecule has 154 valence electrons. The summed E-state index contributed by atoms with van der Waals surface area (Å²) in [6, 6.07) is 7.30. The van der Waals surface area contributed by atoms with Crippen molar-refractivity contribution in [3.8, 4) is 5.75 Å². The third kappa shape index (κ3) is 3.41. The molecule has 0 aliphatic carbocycles. The number of hydrogen-bond donors (Lipinski definition) is 0. The number of benzene rings is 1. The first-order chi connectivity index (χ1) is 14.6. The molecule has 30 heavy (non-hydrogen) atoms. The Hall–Kier alpha value is -2.65. The van der Waals surface area contributed by atoms with Gasteiger partial charge in [-0.3, -0.25) is 9.69 Å². The Kier molecular flexibility index (Phi) is 5.08. The number of fused-ring (bicyclic) bond motifs is 2. The number of aryl methyl sites for hydroxylation is 1. The van der Waals surface area contributed by atoms with Crippen molar-refractivity contribution in [3.05, 3.63) is 58.4 Å². The van der Waals surface area contributed by atoms with E-state index in [1.165, 1.54) is 16.7 Å². The number of rotatable bonds is 5. The van der Waals surface area contributed by atoms with Crippen molar-refractivity contribution in [3.63, 3.8) is 0 Å². The molecule has 0 radical (unpaired) electrons. The lowest BCUT2D eigenvalue weighted by Gasteiger charge is -2.37. The quantitative estimate of drug-likeness (QED) is 0.401. The van der Waals surface area contributed by atoms with E-state index < -0.39 is 5.97 Å².